The highest BCUT2D eigenvalue weighted by molar-refractivity contribution is 6.31. The average Bonchev–Trinajstić information content (AvgIpc) is 2.24. The Balaban J connectivity index is 2.25. The minimum Gasteiger partial charge on any atom is -0.0840 e. The van der Waals surface area contributed by atoms with Crippen molar-refractivity contribution in [3.63, 3.8) is 0 Å². The van der Waals surface area contributed by atoms with Crippen LogP contribution in [0.1, 0.15) is 16.7 Å². The third-order valence-corrected chi connectivity index (χ3v) is 2.80. The topological polar surface area (TPSA) is 0 Å². The van der Waals surface area contributed by atoms with Crippen LogP contribution in [-0.2, 0) is 6.42 Å². The average molecular weight is 217 g/mol. The molecule has 0 unspecified atom stereocenters. The Kier molecular flexibility index (Phi) is 3.08. The summed E-state index contributed by atoms with van der Waals surface area (Å²) in [5.41, 5.74) is 3.69. The van der Waals surface area contributed by atoms with Gasteiger partial charge >= 0.3 is 0 Å². The molecule has 0 saturated carbocycles. The molecule has 0 atom stereocenters. The van der Waals surface area contributed by atoms with E-state index in [9.17, 15) is 0 Å². The van der Waals surface area contributed by atoms with E-state index in [1.54, 1.807) is 0 Å². The van der Waals surface area contributed by atoms with Gasteiger partial charge in [-0.1, -0.05) is 54.1 Å². The number of rotatable bonds is 2. The first kappa shape index (κ1) is 10.3. The van der Waals surface area contributed by atoms with Crippen molar-refractivity contribution in [1.82, 2.24) is 0 Å². The van der Waals surface area contributed by atoms with Crippen LogP contribution in [0.2, 0.25) is 5.02 Å². The van der Waals surface area contributed by atoms with Crippen molar-refractivity contribution in [1.29, 1.82) is 0 Å². The van der Waals surface area contributed by atoms with Gasteiger partial charge in [0.2, 0.25) is 0 Å². The minimum atomic E-state index is 0.860. The van der Waals surface area contributed by atoms with Crippen LogP contribution in [0.5, 0.6) is 0 Å². The molecule has 0 amide bonds. The van der Waals surface area contributed by atoms with Gasteiger partial charge in [0.05, 0.1) is 0 Å². The van der Waals surface area contributed by atoms with Crippen LogP contribution >= 0.6 is 11.6 Å². The van der Waals surface area contributed by atoms with Gasteiger partial charge in [0.25, 0.3) is 0 Å². The van der Waals surface area contributed by atoms with E-state index >= 15 is 0 Å². The summed E-state index contributed by atoms with van der Waals surface area (Å²) >= 11 is 6.18. The molecule has 0 aliphatic carbocycles. The third-order valence-electron chi connectivity index (χ3n) is 2.45. The van der Waals surface area contributed by atoms with Crippen molar-refractivity contribution >= 4 is 11.6 Å². The summed E-state index contributed by atoms with van der Waals surface area (Å²) in [7, 11) is 0. The molecule has 0 aliphatic rings. The molecule has 0 nitrogen and oxygen atoms in total. The molecule has 2 rings (SSSR count). The summed E-state index contributed by atoms with van der Waals surface area (Å²) in [6, 6.07) is 16.6. The molecule has 0 N–H and O–H groups in total. The van der Waals surface area contributed by atoms with Crippen LogP contribution in [0.25, 0.3) is 0 Å². The SMILES string of the molecule is Cc1ccc(Cc2ccccc2)c(Cl)c1. The number of hydrogen-bond donors (Lipinski definition) is 0. The molecule has 0 fully saturated rings. The highest BCUT2D eigenvalue weighted by Gasteiger charge is 2.01. The van der Waals surface area contributed by atoms with Gasteiger partial charge in [-0.2, -0.15) is 0 Å². The minimum absolute atomic E-state index is 0.860. The number of aryl methyl sites for hydroxylation is 1. The number of hydrogen-bond acceptors (Lipinski definition) is 0. The molecule has 0 aliphatic heterocycles. The molecule has 76 valence electrons. The molecule has 2 aromatic carbocycles. The van der Waals surface area contributed by atoms with Crippen LogP contribution in [0.3, 0.4) is 0 Å². The highest BCUT2D eigenvalue weighted by atomic mass is 35.5. The molecule has 15 heavy (non-hydrogen) atoms. The zero-order valence-corrected chi connectivity index (χ0v) is 9.46. The summed E-state index contributed by atoms with van der Waals surface area (Å²) in [5, 5.41) is 0.860. The Morgan fingerprint density at radius 2 is 1.73 bits per heavy atom. The smallest absolute Gasteiger partial charge is 0.0444 e. The van der Waals surface area contributed by atoms with Crippen molar-refractivity contribution in [2.45, 2.75) is 13.3 Å². The summed E-state index contributed by atoms with van der Waals surface area (Å²) in [6.45, 7) is 2.05. The largest absolute Gasteiger partial charge is 0.0840 e. The van der Waals surface area contributed by atoms with Gasteiger partial charge in [-0.3, -0.25) is 0 Å². The summed E-state index contributed by atoms with van der Waals surface area (Å²) < 4.78 is 0. The Hall–Kier alpha value is -1.27. The highest BCUT2D eigenvalue weighted by Crippen LogP contribution is 2.20. The molecule has 0 radical (unpaired) electrons. The van der Waals surface area contributed by atoms with E-state index in [0.717, 1.165) is 11.4 Å². The van der Waals surface area contributed by atoms with Crippen molar-refractivity contribution in [3.8, 4) is 0 Å². The predicted octanol–water partition coefficient (Wildman–Crippen LogP) is 4.24. The van der Waals surface area contributed by atoms with Crippen molar-refractivity contribution in [2.24, 2.45) is 0 Å². The monoisotopic (exact) mass is 216 g/mol. The first-order chi connectivity index (χ1) is 7.25. The second-order valence-corrected chi connectivity index (χ2v) is 4.16. The standard InChI is InChI=1S/C14H13Cl/c1-11-7-8-13(14(15)9-11)10-12-5-3-2-4-6-12/h2-9H,10H2,1H3. The first-order valence-corrected chi connectivity index (χ1v) is 5.42. The molecule has 0 saturated heterocycles. The van der Waals surface area contributed by atoms with Gasteiger partial charge in [0.15, 0.2) is 0 Å². The molecular formula is C14H13Cl. The maximum absolute atomic E-state index is 6.18. The lowest BCUT2D eigenvalue weighted by atomic mass is 10.0. The maximum atomic E-state index is 6.18. The lowest BCUT2D eigenvalue weighted by Gasteiger charge is -2.05. The molecule has 0 spiro atoms. The van der Waals surface area contributed by atoms with Gasteiger partial charge < -0.3 is 0 Å². The van der Waals surface area contributed by atoms with E-state index in [4.69, 9.17) is 11.6 Å². The Morgan fingerprint density at radius 1 is 1.00 bits per heavy atom. The van der Waals surface area contributed by atoms with E-state index < -0.39 is 0 Å². The van der Waals surface area contributed by atoms with Crippen LogP contribution in [0.15, 0.2) is 48.5 Å². The Labute approximate surface area is 95.5 Å². The van der Waals surface area contributed by atoms with Crippen molar-refractivity contribution < 1.29 is 0 Å². The first-order valence-electron chi connectivity index (χ1n) is 5.04. The number of benzene rings is 2. The zero-order valence-electron chi connectivity index (χ0n) is 8.70. The maximum Gasteiger partial charge on any atom is 0.0444 e. The van der Waals surface area contributed by atoms with E-state index in [1.807, 2.05) is 12.1 Å². The van der Waals surface area contributed by atoms with E-state index in [0.29, 0.717) is 0 Å². The normalized spacial score (nSPS) is 10.3. The fraction of sp³-hybridized carbons (Fsp3) is 0.143. The van der Waals surface area contributed by atoms with Gasteiger partial charge in [-0.15, -0.1) is 0 Å². The summed E-state index contributed by atoms with van der Waals surface area (Å²) in [4.78, 5) is 0. The molecule has 0 aromatic heterocycles. The van der Waals surface area contributed by atoms with Gasteiger partial charge in [-0.05, 0) is 36.1 Å². The zero-order chi connectivity index (χ0) is 10.7. The van der Waals surface area contributed by atoms with E-state index in [1.165, 1.54) is 16.7 Å². The fourth-order valence-corrected chi connectivity index (χ4v) is 1.91. The Morgan fingerprint density at radius 3 is 2.40 bits per heavy atom. The van der Waals surface area contributed by atoms with Gasteiger partial charge in [-0.25, -0.2) is 0 Å². The van der Waals surface area contributed by atoms with Crippen molar-refractivity contribution in [3.05, 3.63) is 70.2 Å². The quantitative estimate of drug-likeness (QED) is 0.705. The molecule has 0 bridgehead atoms. The second-order valence-electron chi connectivity index (χ2n) is 3.76. The molecule has 2 aromatic rings. The van der Waals surface area contributed by atoms with Crippen LogP contribution in [0, 0.1) is 6.92 Å². The lowest BCUT2D eigenvalue weighted by Crippen LogP contribution is -1.89. The van der Waals surface area contributed by atoms with E-state index in [2.05, 4.69) is 43.3 Å². The number of halogens is 1. The third kappa shape index (κ3) is 2.60. The Bertz CT molecular complexity index is 446. The predicted molar refractivity (Wildman–Crippen MR) is 65.4 cm³/mol. The van der Waals surface area contributed by atoms with Crippen LogP contribution in [0.4, 0.5) is 0 Å². The molecule has 1 heteroatoms. The van der Waals surface area contributed by atoms with Crippen molar-refractivity contribution in [2.75, 3.05) is 0 Å². The molecule has 0 heterocycles. The summed E-state index contributed by atoms with van der Waals surface area (Å²) in [6.07, 6.45) is 0.903. The van der Waals surface area contributed by atoms with Crippen LogP contribution < -0.4 is 0 Å². The second kappa shape index (κ2) is 4.50. The van der Waals surface area contributed by atoms with Gasteiger partial charge in [0.1, 0.15) is 0 Å². The van der Waals surface area contributed by atoms with Gasteiger partial charge in [0, 0.05) is 5.02 Å². The fourth-order valence-electron chi connectivity index (χ4n) is 1.61. The van der Waals surface area contributed by atoms with E-state index in [-0.39, 0.29) is 0 Å². The molecular weight excluding hydrogens is 204 g/mol. The van der Waals surface area contributed by atoms with Crippen LogP contribution in [-0.4, -0.2) is 0 Å². The lowest BCUT2D eigenvalue weighted by molar-refractivity contribution is 1.19. The summed E-state index contributed by atoms with van der Waals surface area (Å²) in [5.74, 6) is 0.